The van der Waals surface area contributed by atoms with Crippen LogP contribution in [0.1, 0.15) is 5.56 Å². The number of rotatable bonds is 1. The van der Waals surface area contributed by atoms with Crippen molar-refractivity contribution in [2.45, 2.75) is 13.1 Å². The Hall–Kier alpha value is -1.20. The largest absolute Gasteiger partial charge is 0.497 e. The Morgan fingerprint density at radius 2 is 1.77 bits per heavy atom. The standard InChI is InChI=1S/C11H14OSi/c1-12-11-6-4-10(5-7-11)8-9-13(2)3/h4-7,13H,1-3H3. The summed E-state index contributed by atoms with van der Waals surface area (Å²) in [4.78, 5) is 0. The number of methoxy groups -OCH3 is 1. The van der Waals surface area contributed by atoms with Gasteiger partial charge in [-0.1, -0.05) is 19.0 Å². The van der Waals surface area contributed by atoms with E-state index in [2.05, 4.69) is 24.6 Å². The van der Waals surface area contributed by atoms with Crippen molar-refractivity contribution in [3.63, 3.8) is 0 Å². The molecule has 0 saturated carbocycles. The second-order valence-electron chi connectivity index (χ2n) is 3.15. The molecule has 0 aliphatic rings. The Morgan fingerprint density at radius 1 is 1.15 bits per heavy atom. The van der Waals surface area contributed by atoms with Gasteiger partial charge in [-0.3, -0.25) is 0 Å². The molecule has 1 nitrogen and oxygen atoms in total. The van der Waals surface area contributed by atoms with E-state index < -0.39 is 8.80 Å². The molecule has 0 saturated heterocycles. The maximum absolute atomic E-state index is 5.06. The Balaban J connectivity index is 2.77. The number of ether oxygens (including phenoxy) is 1. The molecule has 1 rings (SSSR count). The first kappa shape index (κ1) is 9.88. The third-order valence-corrected chi connectivity index (χ3v) is 2.32. The minimum absolute atomic E-state index is 0.752. The highest BCUT2D eigenvalue weighted by Crippen LogP contribution is 2.09. The second kappa shape index (κ2) is 4.73. The van der Waals surface area contributed by atoms with Crippen LogP contribution in [0.2, 0.25) is 13.1 Å². The number of hydrogen-bond donors (Lipinski definition) is 0. The topological polar surface area (TPSA) is 9.23 Å². The molecule has 68 valence electrons. The fourth-order valence-electron chi connectivity index (χ4n) is 0.902. The first-order valence-corrected chi connectivity index (χ1v) is 7.26. The van der Waals surface area contributed by atoms with E-state index in [0.717, 1.165) is 11.3 Å². The first-order chi connectivity index (χ1) is 6.22. The van der Waals surface area contributed by atoms with Crippen LogP contribution in [0.4, 0.5) is 0 Å². The van der Waals surface area contributed by atoms with Gasteiger partial charge in [0.05, 0.1) is 7.11 Å². The Bertz CT molecular complexity index is 316. The van der Waals surface area contributed by atoms with E-state index in [4.69, 9.17) is 4.74 Å². The van der Waals surface area contributed by atoms with E-state index >= 15 is 0 Å². The molecule has 0 radical (unpaired) electrons. The molecule has 0 fully saturated rings. The maximum atomic E-state index is 5.06. The molecule has 0 aromatic heterocycles. The van der Waals surface area contributed by atoms with Crippen molar-refractivity contribution in [2.75, 3.05) is 7.11 Å². The fraction of sp³-hybridized carbons (Fsp3) is 0.273. The molecule has 0 N–H and O–H groups in total. The summed E-state index contributed by atoms with van der Waals surface area (Å²) in [6.07, 6.45) is 0. The SMILES string of the molecule is COc1ccc(C#C[SiH](C)C)cc1. The molecule has 13 heavy (non-hydrogen) atoms. The van der Waals surface area contributed by atoms with Crippen LogP contribution < -0.4 is 4.74 Å². The third kappa shape index (κ3) is 3.35. The van der Waals surface area contributed by atoms with E-state index in [1.54, 1.807) is 7.11 Å². The number of benzene rings is 1. The highest BCUT2D eigenvalue weighted by molar-refractivity contribution is 6.64. The highest BCUT2D eigenvalue weighted by atomic mass is 28.3. The van der Waals surface area contributed by atoms with Crippen LogP contribution in [0, 0.1) is 11.5 Å². The summed E-state index contributed by atoms with van der Waals surface area (Å²) in [7, 11) is 0.916. The Kier molecular flexibility index (Phi) is 3.60. The smallest absolute Gasteiger partial charge is 0.118 e. The molecular formula is C11H14OSi. The van der Waals surface area contributed by atoms with Gasteiger partial charge in [-0.15, -0.1) is 5.54 Å². The lowest BCUT2D eigenvalue weighted by Gasteiger charge is -1.97. The van der Waals surface area contributed by atoms with E-state index in [-0.39, 0.29) is 0 Å². The predicted molar refractivity (Wildman–Crippen MR) is 58.7 cm³/mol. The molecule has 0 heterocycles. The lowest BCUT2D eigenvalue weighted by atomic mass is 10.2. The highest BCUT2D eigenvalue weighted by Gasteiger charge is 1.90. The van der Waals surface area contributed by atoms with Crippen molar-refractivity contribution < 1.29 is 4.74 Å². The molecular weight excluding hydrogens is 176 g/mol. The fourth-order valence-corrected chi connectivity index (χ4v) is 1.36. The maximum Gasteiger partial charge on any atom is 0.118 e. The lowest BCUT2D eigenvalue weighted by Crippen LogP contribution is -1.93. The summed E-state index contributed by atoms with van der Waals surface area (Å²) in [5, 5.41) is 0. The van der Waals surface area contributed by atoms with E-state index in [1.807, 2.05) is 24.3 Å². The van der Waals surface area contributed by atoms with Crippen LogP contribution in [0.15, 0.2) is 24.3 Å². The van der Waals surface area contributed by atoms with Crippen molar-refractivity contribution in [2.24, 2.45) is 0 Å². The minimum Gasteiger partial charge on any atom is -0.497 e. The number of hydrogen-bond acceptors (Lipinski definition) is 1. The van der Waals surface area contributed by atoms with Crippen LogP contribution in [-0.2, 0) is 0 Å². The second-order valence-corrected chi connectivity index (χ2v) is 5.75. The molecule has 0 amide bonds. The van der Waals surface area contributed by atoms with Gasteiger partial charge in [0.1, 0.15) is 14.5 Å². The molecule has 0 unspecified atom stereocenters. The van der Waals surface area contributed by atoms with Gasteiger partial charge in [0, 0.05) is 5.56 Å². The summed E-state index contributed by atoms with van der Waals surface area (Å²) in [6.45, 7) is 4.44. The molecule has 0 aliphatic carbocycles. The van der Waals surface area contributed by atoms with Gasteiger partial charge in [-0.05, 0) is 24.3 Å². The summed E-state index contributed by atoms with van der Waals surface area (Å²) in [5.74, 6) is 4.03. The van der Waals surface area contributed by atoms with Crippen LogP contribution in [-0.4, -0.2) is 15.9 Å². The third-order valence-electron chi connectivity index (χ3n) is 1.60. The van der Waals surface area contributed by atoms with Crippen molar-refractivity contribution in [3.8, 4) is 17.2 Å². The van der Waals surface area contributed by atoms with Gasteiger partial charge in [-0.2, -0.15) is 0 Å². The van der Waals surface area contributed by atoms with E-state index in [9.17, 15) is 0 Å². The van der Waals surface area contributed by atoms with Gasteiger partial charge in [0.25, 0.3) is 0 Å². The Labute approximate surface area is 81.3 Å². The first-order valence-electron chi connectivity index (χ1n) is 4.38. The summed E-state index contributed by atoms with van der Waals surface area (Å²) in [5.41, 5.74) is 4.32. The zero-order valence-corrected chi connectivity index (χ0v) is 9.45. The summed E-state index contributed by atoms with van der Waals surface area (Å²) >= 11 is 0. The molecule has 0 atom stereocenters. The van der Waals surface area contributed by atoms with Crippen molar-refractivity contribution in [3.05, 3.63) is 29.8 Å². The normalized spacial score (nSPS) is 9.23. The van der Waals surface area contributed by atoms with Crippen molar-refractivity contribution in [1.82, 2.24) is 0 Å². The average molecular weight is 190 g/mol. The van der Waals surface area contributed by atoms with Crippen LogP contribution in [0.3, 0.4) is 0 Å². The van der Waals surface area contributed by atoms with Crippen LogP contribution >= 0.6 is 0 Å². The minimum atomic E-state index is -0.752. The predicted octanol–water partition coefficient (Wildman–Crippen LogP) is 2.07. The zero-order valence-electron chi connectivity index (χ0n) is 8.29. The zero-order chi connectivity index (χ0) is 9.68. The van der Waals surface area contributed by atoms with Crippen LogP contribution in [0.25, 0.3) is 0 Å². The monoisotopic (exact) mass is 190 g/mol. The lowest BCUT2D eigenvalue weighted by molar-refractivity contribution is 0.415. The quantitative estimate of drug-likeness (QED) is 0.486. The van der Waals surface area contributed by atoms with Crippen molar-refractivity contribution >= 4 is 8.80 Å². The van der Waals surface area contributed by atoms with E-state index in [1.165, 1.54) is 0 Å². The van der Waals surface area contributed by atoms with E-state index in [0.29, 0.717) is 0 Å². The van der Waals surface area contributed by atoms with Crippen LogP contribution in [0.5, 0.6) is 5.75 Å². The summed E-state index contributed by atoms with van der Waals surface area (Å²) in [6, 6.07) is 7.85. The molecule has 2 heteroatoms. The Morgan fingerprint density at radius 3 is 2.23 bits per heavy atom. The van der Waals surface area contributed by atoms with Gasteiger partial charge in [0.2, 0.25) is 0 Å². The molecule has 0 spiro atoms. The van der Waals surface area contributed by atoms with Gasteiger partial charge >= 0.3 is 0 Å². The summed E-state index contributed by atoms with van der Waals surface area (Å²) < 4.78 is 5.06. The molecule has 0 aliphatic heterocycles. The van der Waals surface area contributed by atoms with Gasteiger partial charge < -0.3 is 4.74 Å². The van der Waals surface area contributed by atoms with Gasteiger partial charge in [-0.25, -0.2) is 0 Å². The molecule has 1 aromatic rings. The molecule has 1 aromatic carbocycles. The van der Waals surface area contributed by atoms with Gasteiger partial charge in [0.15, 0.2) is 0 Å². The molecule has 0 bridgehead atoms. The van der Waals surface area contributed by atoms with Crippen molar-refractivity contribution in [1.29, 1.82) is 0 Å². The average Bonchev–Trinajstić information content (AvgIpc) is 2.15.